The molecule has 0 unspecified atom stereocenters. The quantitative estimate of drug-likeness (QED) is 0.525. The first-order valence-corrected chi connectivity index (χ1v) is 3.79. The molecule has 0 aliphatic carbocycles. The van der Waals surface area contributed by atoms with Gasteiger partial charge in [0.1, 0.15) is 0 Å². The van der Waals surface area contributed by atoms with Crippen molar-refractivity contribution in [3.05, 3.63) is 36.1 Å². The molecule has 0 fully saturated rings. The predicted molar refractivity (Wildman–Crippen MR) is 51.5 cm³/mol. The van der Waals surface area contributed by atoms with Gasteiger partial charge in [-0.15, -0.1) is 0 Å². The largest absolute Gasteiger partial charge is 0.326 e. The molecule has 3 heteroatoms. The van der Waals surface area contributed by atoms with Gasteiger partial charge in [-0.1, -0.05) is 6.58 Å². The number of allylic oxidation sites excluding steroid dienone is 4. The van der Waals surface area contributed by atoms with Gasteiger partial charge in [-0.25, -0.2) is 0 Å². The molecule has 1 N–H and O–H groups in total. The lowest BCUT2D eigenvalue weighted by Gasteiger charge is -1.99. The van der Waals surface area contributed by atoms with Crippen LogP contribution in [0.3, 0.4) is 0 Å². The number of hydrogen-bond acceptors (Lipinski definition) is 2. The van der Waals surface area contributed by atoms with Gasteiger partial charge in [-0.2, -0.15) is 5.26 Å². The fourth-order valence-electron chi connectivity index (χ4n) is 0.616. The average Bonchev–Trinajstić information content (AvgIpc) is 2.10. The standard InChI is InChI=1S/C10H12N2O/c1-4-10(12-9(3)13)6-5-8(2)7-11/h4-6H,1H2,2-3H3,(H,12,13)/b8-5+,10-6+. The van der Waals surface area contributed by atoms with Crippen LogP contribution < -0.4 is 5.32 Å². The molecule has 0 aliphatic heterocycles. The molecule has 0 radical (unpaired) electrons. The topological polar surface area (TPSA) is 52.9 Å². The van der Waals surface area contributed by atoms with Crippen molar-refractivity contribution in [3.63, 3.8) is 0 Å². The Labute approximate surface area is 78.1 Å². The molecule has 0 aromatic rings. The monoisotopic (exact) mass is 176 g/mol. The summed E-state index contributed by atoms with van der Waals surface area (Å²) in [4.78, 5) is 10.6. The van der Waals surface area contributed by atoms with Crippen molar-refractivity contribution in [2.24, 2.45) is 0 Å². The van der Waals surface area contributed by atoms with E-state index in [0.717, 1.165) is 0 Å². The number of nitrogens with one attached hydrogen (secondary N) is 1. The minimum absolute atomic E-state index is 0.158. The average molecular weight is 176 g/mol. The fourth-order valence-corrected chi connectivity index (χ4v) is 0.616. The molecule has 0 saturated carbocycles. The first-order valence-electron chi connectivity index (χ1n) is 3.79. The van der Waals surface area contributed by atoms with Crippen LogP contribution in [0.5, 0.6) is 0 Å². The van der Waals surface area contributed by atoms with Crippen LogP contribution in [0.15, 0.2) is 36.1 Å². The van der Waals surface area contributed by atoms with E-state index in [1.165, 1.54) is 13.0 Å². The lowest BCUT2D eigenvalue weighted by atomic mass is 10.3. The van der Waals surface area contributed by atoms with E-state index >= 15 is 0 Å². The van der Waals surface area contributed by atoms with Gasteiger partial charge >= 0.3 is 0 Å². The number of nitrogens with zero attached hydrogens (tertiary/aromatic N) is 1. The van der Waals surface area contributed by atoms with E-state index in [1.54, 1.807) is 19.1 Å². The van der Waals surface area contributed by atoms with Gasteiger partial charge in [0.15, 0.2) is 0 Å². The maximum atomic E-state index is 10.6. The summed E-state index contributed by atoms with van der Waals surface area (Å²) in [7, 11) is 0. The summed E-state index contributed by atoms with van der Waals surface area (Å²) in [5.74, 6) is -0.158. The number of nitriles is 1. The summed E-state index contributed by atoms with van der Waals surface area (Å²) in [6.45, 7) is 6.62. The lowest BCUT2D eigenvalue weighted by molar-refractivity contribution is -0.118. The van der Waals surface area contributed by atoms with Crippen LogP contribution in [0.2, 0.25) is 0 Å². The van der Waals surface area contributed by atoms with Gasteiger partial charge in [-0.3, -0.25) is 4.79 Å². The summed E-state index contributed by atoms with van der Waals surface area (Å²) in [5.41, 5.74) is 1.16. The summed E-state index contributed by atoms with van der Waals surface area (Å²) in [5, 5.41) is 11.0. The Hall–Kier alpha value is -1.82. The molecule has 0 spiro atoms. The highest BCUT2D eigenvalue weighted by atomic mass is 16.1. The van der Waals surface area contributed by atoms with Crippen LogP contribution in [-0.4, -0.2) is 5.91 Å². The Morgan fingerprint density at radius 1 is 1.46 bits per heavy atom. The molecule has 0 aromatic heterocycles. The molecule has 13 heavy (non-hydrogen) atoms. The maximum absolute atomic E-state index is 10.6. The van der Waals surface area contributed by atoms with Crippen LogP contribution in [-0.2, 0) is 4.79 Å². The summed E-state index contributed by atoms with van der Waals surface area (Å²) in [6.07, 6.45) is 4.77. The third-order valence-corrected chi connectivity index (χ3v) is 1.23. The highest BCUT2D eigenvalue weighted by Crippen LogP contribution is 1.95. The molecule has 0 saturated heterocycles. The molecular formula is C10H12N2O. The molecule has 0 rings (SSSR count). The van der Waals surface area contributed by atoms with E-state index in [2.05, 4.69) is 11.9 Å². The Balaban J connectivity index is 4.50. The molecule has 3 nitrogen and oxygen atoms in total. The Morgan fingerprint density at radius 2 is 2.08 bits per heavy atom. The van der Waals surface area contributed by atoms with Crippen molar-refractivity contribution in [1.82, 2.24) is 5.32 Å². The number of rotatable bonds is 3. The molecule has 0 aliphatic rings. The van der Waals surface area contributed by atoms with Gasteiger partial charge in [-0.05, 0) is 25.2 Å². The number of carbonyl (C=O) groups is 1. The summed E-state index contributed by atoms with van der Waals surface area (Å²) >= 11 is 0. The van der Waals surface area contributed by atoms with E-state index in [0.29, 0.717) is 11.3 Å². The Morgan fingerprint density at radius 3 is 2.46 bits per heavy atom. The Bertz CT molecular complexity index is 305. The molecule has 0 heterocycles. The highest BCUT2D eigenvalue weighted by Gasteiger charge is 1.92. The maximum Gasteiger partial charge on any atom is 0.221 e. The van der Waals surface area contributed by atoms with Crippen LogP contribution in [0.1, 0.15) is 13.8 Å². The lowest BCUT2D eigenvalue weighted by Crippen LogP contribution is -2.17. The van der Waals surface area contributed by atoms with E-state index in [4.69, 9.17) is 5.26 Å². The second kappa shape index (κ2) is 5.78. The zero-order valence-electron chi connectivity index (χ0n) is 7.79. The van der Waals surface area contributed by atoms with Gasteiger partial charge in [0.05, 0.1) is 6.07 Å². The zero-order chi connectivity index (χ0) is 10.3. The van der Waals surface area contributed by atoms with Gasteiger partial charge in [0.2, 0.25) is 5.91 Å². The molecular weight excluding hydrogens is 164 g/mol. The van der Waals surface area contributed by atoms with E-state index in [-0.39, 0.29) is 5.91 Å². The van der Waals surface area contributed by atoms with Crippen LogP contribution in [0.25, 0.3) is 0 Å². The van der Waals surface area contributed by atoms with Crippen molar-refractivity contribution in [1.29, 1.82) is 5.26 Å². The third-order valence-electron chi connectivity index (χ3n) is 1.23. The number of hydrogen-bond donors (Lipinski definition) is 1. The van der Waals surface area contributed by atoms with Gasteiger partial charge < -0.3 is 5.32 Å². The SMILES string of the molecule is C=C/C(=C\C=C(/C)C#N)NC(C)=O. The first-order chi connectivity index (χ1) is 6.10. The summed E-state index contributed by atoms with van der Waals surface area (Å²) < 4.78 is 0. The van der Waals surface area contributed by atoms with Gasteiger partial charge in [0, 0.05) is 18.2 Å². The first kappa shape index (κ1) is 11.2. The molecule has 68 valence electrons. The predicted octanol–water partition coefficient (Wildman–Crippen LogP) is 1.66. The third kappa shape index (κ3) is 5.45. The van der Waals surface area contributed by atoms with E-state index < -0.39 is 0 Å². The number of amides is 1. The second-order valence-electron chi connectivity index (χ2n) is 2.47. The van der Waals surface area contributed by atoms with Crippen molar-refractivity contribution >= 4 is 5.91 Å². The normalized spacial score (nSPS) is 11.8. The second-order valence-corrected chi connectivity index (χ2v) is 2.47. The van der Waals surface area contributed by atoms with Crippen molar-refractivity contribution in [2.75, 3.05) is 0 Å². The van der Waals surface area contributed by atoms with Crippen molar-refractivity contribution < 1.29 is 4.79 Å². The smallest absolute Gasteiger partial charge is 0.221 e. The fraction of sp³-hybridized carbons (Fsp3) is 0.200. The van der Waals surface area contributed by atoms with E-state index in [9.17, 15) is 4.79 Å². The molecule has 1 amide bonds. The van der Waals surface area contributed by atoms with Gasteiger partial charge in [0.25, 0.3) is 0 Å². The minimum Gasteiger partial charge on any atom is -0.326 e. The highest BCUT2D eigenvalue weighted by molar-refractivity contribution is 5.75. The molecule has 0 atom stereocenters. The van der Waals surface area contributed by atoms with Crippen LogP contribution in [0, 0.1) is 11.3 Å². The Kier molecular flexibility index (Phi) is 4.97. The zero-order valence-corrected chi connectivity index (χ0v) is 7.79. The van der Waals surface area contributed by atoms with Crippen LogP contribution >= 0.6 is 0 Å². The molecule has 0 aromatic carbocycles. The summed E-state index contributed by atoms with van der Waals surface area (Å²) in [6, 6.07) is 1.97. The van der Waals surface area contributed by atoms with E-state index in [1.807, 2.05) is 6.07 Å². The van der Waals surface area contributed by atoms with Crippen molar-refractivity contribution in [3.8, 4) is 6.07 Å². The minimum atomic E-state index is -0.158. The number of carbonyl (C=O) groups excluding carboxylic acids is 1. The van der Waals surface area contributed by atoms with Crippen LogP contribution in [0.4, 0.5) is 0 Å². The molecule has 0 bridgehead atoms. The van der Waals surface area contributed by atoms with Crippen molar-refractivity contribution in [2.45, 2.75) is 13.8 Å².